The van der Waals surface area contributed by atoms with Gasteiger partial charge in [0, 0.05) is 12.7 Å². The molecule has 7 heteroatoms. The van der Waals surface area contributed by atoms with Gasteiger partial charge in [0.15, 0.2) is 0 Å². The summed E-state index contributed by atoms with van der Waals surface area (Å²) in [6, 6.07) is 0. The number of carbonyl (C=O) groups excluding carboxylic acids is 3. The third kappa shape index (κ3) is 3.85. The Kier molecular flexibility index (Phi) is 7.07. The minimum absolute atomic E-state index is 0.0283. The number of hydrogen-bond donors (Lipinski definition) is 1. The molecule has 0 radical (unpaired) electrons. The van der Waals surface area contributed by atoms with Gasteiger partial charge in [0.05, 0.1) is 28.6 Å². The SMILES string of the molecule is CCCCCCC1C(CCC(O)CCC)C=C2C3(C)CC4=C(C(=O)OC4=O)C1C2(OC)OC3=O. The van der Waals surface area contributed by atoms with Crippen molar-refractivity contribution in [1.29, 1.82) is 0 Å². The van der Waals surface area contributed by atoms with Crippen molar-refractivity contribution in [3.05, 3.63) is 22.8 Å². The van der Waals surface area contributed by atoms with Gasteiger partial charge < -0.3 is 19.3 Å². The van der Waals surface area contributed by atoms with E-state index in [1.54, 1.807) is 6.92 Å². The van der Waals surface area contributed by atoms with Gasteiger partial charge in [-0.25, -0.2) is 9.59 Å². The molecule has 1 saturated heterocycles. The maximum Gasteiger partial charge on any atom is 0.343 e. The highest BCUT2D eigenvalue weighted by Gasteiger charge is 2.71. The first-order valence-electron chi connectivity index (χ1n) is 12.9. The van der Waals surface area contributed by atoms with Crippen LogP contribution in [0.1, 0.15) is 85.0 Å². The maximum absolute atomic E-state index is 13.2. The number of rotatable bonds is 11. The summed E-state index contributed by atoms with van der Waals surface area (Å²) in [7, 11) is 1.51. The number of fused-ring (bicyclic) bond motifs is 1. The summed E-state index contributed by atoms with van der Waals surface area (Å²) in [6.07, 6.45) is 9.89. The lowest BCUT2D eigenvalue weighted by Crippen LogP contribution is -2.51. The molecule has 2 heterocycles. The minimum Gasteiger partial charge on any atom is -0.428 e. The van der Waals surface area contributed by atoms with E-state index in [4.69, 9.17) is 14.2 Å². The molecule has 6 unspecified atom stereocenters. The van der Waals surface area contributed by atoms with Crippen LogP contribution >= 0.6 is 0 Å². The summed E-state index contributed by atoms with van der Waals surface area (Å²) >= 11 is 0. The Hall–Kier alpha value is -1.99. The second-order valence-corrected chi connectivity index (χ2v) is 10.6. The Balaban J connectivity index is 1.82. The van der Waals surface area contributed by atoms with Crippen LogP contribution in [0.5, 0.6) is 0 Å². The number of hydrogen-bond acceptors (Lipinski definition) is 7. The highest BCUT2D eigenvalue weighted by atomic mass is 16.7. The van der Waals surface area contributed by atoms with E-state index < -0.39 is 35.0 Å². The zero-order chi connectivity index (χ0) is 24.7. The van der Waals surface area contributed by atoms with Crippen LogP contribution in [0.4, 0.5) is 0 Å². The van der Waals surface area contributed by atoms with Crippen LogP contribution in [0.25, 0.3) is 0 Å². The molecule has 1 fully saturated rings. The number of aliphatic hydroxyl groups is 1. The van der Waals surface area contributed by atoms with Crippen molar-refractivity contribution in [2.24, 2.45) is 23.2 Å². The first kappa shape index (κ1) is 25.1. The molecule has 2 aliphatic carbocycles. The van der Waals surface area contributed by atoms with Gasteiger partial charge >= 0.3 is 17.9 Å². The fraction of sp³-hybridized carbons (Fsp3) is 0.741. The number of aliphatic hydroxyl groups excluding tert-OH is 1. The smallest absolute Gasteiger partial charge is 0.343 e. The number of esters is 3. The van der Waals surface area contributed by atoms with Gasteiger partial charge in [0.1, 0.15) is 0 Å². The lowest BCUT2D eigenvalue weighted by Gasteiger charge is -2.46. The van der Waals surface area contributed by atoms with Gasteiger partial charge in [0.25, 0.3) is 0 Å². The van der Waals surface area contributed by atoms with Crippen molar-refractivity contribution in [1.82, 2.24) is 0 Å². The van der Waals surface area contributed by atoms with Gasteiger partial charge in [-0.2, -0.15) is 0 Å². The number of unbranched alkanes of at least 4 members (excludes halogenated alkanes) is 3. The average molecular weight is 475 g/mol. The monoisotopic (exact) mass is 474 g/mol. The molecule has 188 valence electrons. The molecular weight excluding hydrogens is 436 g/mol. The van der Waals surface area contributed by atoms with E-state index in [1.165, 1.54) is 7.11 Å². The zero-order valence-electron chi connectivity index (χ0n) is 20.9. The zero-order valence-corrected chi connectivity index (χ0v) is 20.9. The van der Waals surface area contributed by atoms with Crippen LogP contribution in [0, 0.1) is 23.2 Å². The summed E-state index contributed by atoms with van der Waals surface area (Å²) in [5, 5.41) is 10.5. The Labute approximate surface area is 201 Å². The topological polar surface area (TPSA) is 99.1 Å². The van der Waals surface area contributed by atoms with Crippen LogP contribution in [-0.4, -0.2) is 42.0 Å². The molecule has 6 atom stereocenters. The number of allylic oxidation sites excluding steroid dienone is 1. The number of carbonyl (C=O) groups is 3. The third-order valence-electron chi connectivity index (χ3n) is 8.40. The molecule has 0 aromatic rings. The molecule has 4 rings (SSSR count). The molecular formula is C27H38O7. The summed E-state index contributed by atoms with van der Waals surface area (Å²) in [5.74, 6) is -3.78. The normalized spacial score (nSPS) is 35.0. The van der Waals surface area contributed by atoms with E-state index in [0.29, 0.717) is 23.1 Å². The second-order valence-electron chi connectivity index (χ2n) is 10.6. The fourth-order valence-corrected chi connectivity index (χ4v) is 6.66. The third-order valence-corrected chi connectivity index (χ3v) is 8.40. The predicted octanol–water partition coefficient (Wildman–Crippen LogP) is 4.38. The second kappa shape index (κ2) is 9.57. The van der Waals surface area contributed by atoms with Crippen molar-refractivity contribution >= 4 is 17.9 Å². The minimum atomic E-state index is -1.40. The largest absolute Gasteiger partial charge is 0.428 e. The van der Waals surface area contributed by atoms with Gasteiger partial charge in [-0.1, -0.05) is 52.0 Å². The van der Waals surface area contributed by atoms with Crippen molar-refractivity contribution in [2.75, 3.05) is 7.11 Å². The summed E-state index contributed by atoms with van der Waals surface area (Å²) in [6.45, 7) is 5.99. The van der Waals surface area contributed by atoms with Crippen LogP contribution in [0.2, 0.25) is 0 Å². The number of cyclic esters (lactones) is 2. The number of methoxy groups -OCH3 is 1. The van der Waals surface area contributed by atoms with E-state index in [2.05, 4.69) is 19.9 Å². The molecule has 0 aromatic heterocycles. The fourth-order valence-electron chi connectivity index (χ4n) is 6.66. The van der Waals surface area contributed by atoms with Gasteiger partial charge in [0.2, 0.25) is 5.79 Å². The Morgan fingerprint density at radius 2 is 1.85 bits per heavy atom. The maximum atomic E-state index is 13.2. The lowest BCUT2D eigenvalue weighted by atomic mass is 9.62. The van der Waals surface area contributed by atoms with Crippen molar-refractivity contribution in [3.8, 4) is 0 Å². The van der Waals surface area contributed by atoms with Crippen molar-refractivity contribution in [2.45, 2.75) is 96.9 Å². The highest BCUT2D eigenvalue weighted by Crippen LogP contribution is 2.64. The average Bonchev–Trinajstić information content (AvgIpc) is 3.16. The molecule has 7 nitrogen and oxygen atoms in total. The quantitative estimate of drug-likeness (QED) is 0.205. The highest BCUT2D eigenvalue weighted by molar-refractivity contribution is 6.14. The van der Waals surface area contributed by atoms with Gasteiger partial charge in [-0.05, 0) is 50.9 Å². The lowest BCUT2D eigenvalue weighted by molar-refractivity contribution is -0.218. The molecule has 4 aliphatic rings. The first-order chi connectivity index (χ1) is 16.2. The summed E-state index contributed by atoms with van der Waals surface area (Å²) in [5.41, 5.74) is 0.243. The molecule has 0 aromatic carbocycles. The van der Waals surface area contributed by atoms with Crippen molar-refractivity contribution in [3.63, 3.8) is 0 Å². The Morgan fingerprint density at radius 1 is 1.09 bits per heavy atom. The van der Waals surface area contributed by atoms with E-state index >= 15 is 0 Å². The van der Waals surface area contributed by atoms with Crippen molar-refractivity contribution < 1.29 is 33.7 Å². The van der Waals surface area contributed by atoms with Crippen LogP contribution in [-0.2, 0) is 28.6 Å². The molecule has 1 N–H and O–H groups in total. The van der Waals surface area contributed by atoms with E-state index in [1.807, 2.05) is 0 Å². The number of ether oxygens (including phenoxy) is 3. The standard InChI is InChI=1S/C27H38O7/c1-5-7-8-9-11-18-16(12-13-17(28)10-6-2)14-20-26(3)15-19-21(24(30)33-23(19)29)22(18)27(20,32-4)34-25(26)31/h14,16-18,22,28H,5-13,15H2,1-4H3. The first-order valence-corrected chi connectivity index (χ1v) is 12.9. The van der Waals surface area contributed by atoms with E-state index in [-0.39, 0.29) is 24.4 Å². The predicted molar refractivity (Wildman–Crippen MR) is 124 cm³/mol. The van der Waals surface area contributed by atoms with Crippen LogP contribution in [0.15, 0.2) is 22.8 Å². The molecule has 0 spiro atoms. The molecule has 0 amide bonds. The van der Waals surface area contributed by atoms with Crippen LogP contribution < -0.4 is 0 Å². The van der Waals surface area contributed by atoms with Crippen LogP contribution in [0.3, 0.4) is 0 Å². The molecule has 34 heavy (non-hydrogen) atoms. The Bertz CT molecular complexity index is 918. The molecule has 0 saturated carbocycles. The molecule has 2 aliphatic heterocycles. The summed E-state index contributed by atoms with van der Waals surface area (Å²) < 4.78 is 17.1. The van der Waals surface area contributed by atoms with Gasteiger partial charge in [-0.3, -0.25) is 4.79 Å². The Morgan fingerprint density at radius 3 is 2.53 bits per heavy atom. The van der Waals surface area contributed by atoms with Gasteiger partial charge in [-0.15, -0.1) is 0 Å². The summed E-state index contributed by atoms with van der Waals surface area (Å²) in [4.78, 5) is 39.0. The molecule has 4 bridgehead atoms. The van der Waals surface area contributed by atoms with E-state index in [9.17, 15) is 19.5 Å². The van der Waals surface area contributed by atoms with E-state index in [0.717, 1.165) is 51.4 Å².